The smallest absolute Gasteiger partial charge is 0.326 e. The van der Waals surface area contributed by atoms with E-state index in [0.717, 1.165) is 12.8 Å². The Hall–Kier alpha value is -1.10. The Labute approximate surface area is 103 Å². The van der Waals surface area contributed by atoms with Crippen LogP contribution in [0.2, 0.25) is 0 Å². The number of nitrogens with one attached hydrogen (secondary N) is 1. The van der Waals surface area contributed by atoms with E-state index in [9.17, 15) is 9.59 Å². The first-order valence-corrected chi connectivity index (χ1v) is 6.16. The van der Waals surface area contributed by atoms with Gasteiger partial charge in [0.05, 0.1) is 0 Å². The molecule has 4 N–H and O–H groups in total. The number of amides is 1. The molecule has 0 aliphatic carbocycles. The summed E-state index contributed by atoms with van der Waals surface area (Å²) in [6.07, 6.45) is 2.33. The van der Waals surface area contributed by atoms with Gasteiger partial charge in [-0.05, 0) is 12.3 Å². The van der Waals surface area contributed by atoms with Crippen LogP contribution in [0.4, 0.5) is 0 Å². The summed E-state index contributed by atoms with van der Waals surface area (Å²) in [7, 11) is 0. The number of rotatable bonds is 8. The van der Waals surface area contributed by atoms with E-state index >= 15 is 0 Å². The maximum absolute atomic E-state index is 11.6. The van der Waals surface area contributed by atoms with Crippen LogP contribution in [0.5, 0.6) is 0 Å². The van der Waals surface area contributed by atoms with Gasteiger partial charge in [0.25, 0.3) is 0 Å². The molecule has 5 heteroatoms. The highest BCUT2D eigenvalue weighted by Crippen LogP contribution is 2.05. The van der Waals surface area contributed by atoms with E-state index in [0.29, 0.717) is 6.42 Å². The third-order valence-electron chi connectivity index (χ3n) is 2.76. The summed E-state index contributed by atoms with van der Waals surface area (Å²) < 4.78 is 0. The highest BCUT2D eigenvalue weighted by Gasteiger charge is 2.21. The SMILES string of the molecule is CCCCC(NC(=O)CC(N)C(C)C)C(=O)O. The number of hydrogen-bond donors (Lipinski definition) is 3. The van der Waals surface area contributed by atoms with Crippen LogP contribution in [-0.2, 0) is 9.59 Å². The van der Waals surface area contributed by atoms with E-state index < -0.39 is 12.0 Å². The molecule has 0 aromatic rings. The number of carbonyl (C=O) groups excluding carboxylic acids is 1. The summed E-state index contributed by atoms with van der Waals surface area (Å²) >= 11 is 0. The van der Waals surface area contributed by atoms with E-state index in [4.69, 9.17) is 10.8 Å². The summed E-state index contributed by atoms with van der Waals surface area (Å²) in [5, 5.41) is 11.5. The Morgan fingerprint density at radius 3 is 2.35 bits per heavy atom. The lowest BCUT2D eigenvalue weighted by molar-refractivity contribution is -0.142. The average molecular weight is 244 g/mol. The van der Waals surface area contributed by atoms with Crippen LogP contribution in [0.3, 0.4) is 0 Å². The molecule has 0 radical (unpaired) electrons. The van der Waals surface area contributed by atoms with Crippen LogP contribution in [0.15, 0.2) is 0 Å². The van der Waals surface area contributed by atoms with Gasteiger partial charge >= 0.3 is 5.97 Å². The third kappa shape index (κ3) is 6.94. The predicted molar refractivity (Wildman–Crippen MR) is 66.5 cm³/mol. The van der Waals surface area contributed by atoms with Crippen molar-refractivity contribution in [2.45, 2.75) is 58.5 Å². The fourth-order valence-corrected chi connectivity index (χ4v) is 1.37. The maximum Gasteiger partial charge on any atom is 0.326 e. The summed E-state index contributed by atoms with van der Waals surface area (Å²) in [5.74, 6) is -1.06. The van der Waals surface area contributed by atoms with Gasteiger partial charge in [0.15, 0.2) is 0 Å². The molecule has 1 amide bonds. The molecule has 0 fully saturated rings. The largest absolute Gasteiger partial charge is 0.480 e. The van der Waals surface area contributed by atoms with Gasteiger partial charge in [-0.2, -0.15) is 0 Å². The normalized spacial score (nSPS) is 14.4. The van der Waals surface area contributed by atoms with Gasteiger partial charge in [-0.1, -0.05) is 33.6 Å². The lowest BCUT2D eigenvalue weighted by Gasteiger charge is -2.18. The van der Waals surface area contributed by atoms with Crippen LogP contribution in [-0.4, -0.2) is 29.1 Å². The van der Waals surface area contributed by atoms with E-state index in [1.807, 2.05) is 20.8 Å². The minimum atomic E-state index is -0.982. The molecular formula is C12H24N2O3. The van der Waals surface area contributed by atoms with Gasteiger partial charge in [-0.3, -0.25) is 4.79 Å². The molecule has 5 nitrogen and oxygen atoms in total. The van der Waals surface area contributed by atoms with E-state index in [1.165, 1.54) is 0 Å². The van der Waals surface area contributed by atoms with Crippen LogP contribution in [0, 0.1) is 5.92 Å². The molecule has 100 valence electrons. The zero-order valence-electron chi connectivity index (χ0n) is 10.9. The number of aliphatic carboxylic acids is 1. The van der Waals surface area contributed by atoms with Crippen molar-refractivity contribution in [3.8, 4) is 0 Å². The monoisotopic (exact) mass is 244 g/mol. The van der Waals surface area contributed by atoms with Crippen molar-refractivity contribution < 1.29 is 14.7 Å². The van der Waals surface area contributed by atoms with Crippen molar-refractivity contribution in [1.29, 1.82) is 0 Å². The quantitative estimate of drug-likeness (QED) is 0.596. The summed E-state index contributed by atoms with van der Waals surface area (Å²) in [6.45, 7) is 5.85. The number of carbonyl (C=O) groups is 2. The maximum atomic E-state index is 11.6. The summed E-state index contributed by atoms with van der Waals surface area (Å²) in [5.41, 5.74) is 5.76. The molecule has 0 saturated heterocycles. The fraction of sp³-hybridized carbons (Fsp3) is 0.833. The highest BCUT2D eigenvalue weighted by atomic mass is 16.4. The van der Waals surface area contributed by atoms with Crippen molar-refractivity contribution in [3.05, 3.63) is 0 Å². The van der Waals surface area contributed by atoms with Crippen molar-refractivity contribution in [2.24, 2.45) is 11.7 Å². The van der Waals surface area contributed by atoms with Crippen LogP contribution >= 0.6 is 0 Å². The lowest BCUT2D eigenvalue weighted by atomic mass is 10.0. The zero-order valence-corrected chi connectivity index (χ0v) is 10.9. The number of hydrogen-bond acceptors (Lipinski definition) is 3. The Morgan fingerprint density at radius 1 is 1.35 bits per heavy atom. The lowest BCUT2D eigenvalue weighted by Crippen LogP contribution is -2.43. The first-order chi connectivity index (χ1) is 7.88. The summed E-state index contributed by atoms with van der Waals surface area (Å²) in [6, 6.07) is -1.02. The fourth-order valence-electron chi connectivity index (χ4n) is 1.37. The first-order valence-electron chi connectivity index (χ1n) is 6.16. The van der Waals surface area contributed by atoms with Gasteiger partial charge in [0.2, 0.25) is 5.91 Å². The summed E-state index contributed by atoms with van der Waals surface area (Å²) in [4.78, 5) is 22.5. The Balaban J connectivity index is 4.16. The molecule has 2 unspecified atom stereocenters. The van der Waals surface area contributed by atoms with Gasteiger partial charge in [-0.15, -0.1) is 0 Å². The predicted octanol–water partition coefficient (Wildman–Crippen LogP) is 1.12. The number of unbranched alkanes of at least 4 members (excludes halogenated alkanes) is 1. The van der Waals surface area contributed by atoms with Crippen LogP contribution < -0.4 is 11.1 Å². The van der Waals surface area contributed by atoms with Crippen LogP contribution in [0.1, 0.15) is 46.5 Å². The molecule has 17 heavy (non-hydrogen) atoms. The molecule has 0 aliphatic heterocycles. The molecule has 0 bridgehead atoms. The number of carboxylic acids is 1. The topological polar surface area (TPSA) is 92.4 Å². The van der Waals surface area contributed by atoms with E-state index in [-0.39, 0.29) is 24.3 Å². The second kappa shape index (κ2) is 8.06. The Morgan fingerprint density at radius 2 is 1.94 bits per heavy atom. The minimum absolute atomic E-state index is 0.174. The van der Waals surface area contributed by atoms with Crippen molar-refractivity contribution in [2.75, 3.05) is 0 Å². The van der Waals surface area contributed by atoms with Crippen molar-refractivity contribution in [3.63, 3.8) is 0 Å². The van der Waals surface area contributed by atoms with Gasteiger partial charge in [-0.25, -0.2) is 4.79 Å². The van der Waals surface area contributed by atoms with Gasteiger partial charge in [0, 0.05) is 12.5 Å². The molecule has 0 aliphatic rings. The first kappa shape index (κ1) is 15.9. The second-order valence-electron chi connectivity index (χ2n) is 4.71. The molecule has 2 atom stereocenters. The molecule has 0 aromatic carbocycles. The molecular weight excluding hydrogens is 220 g/mol. The number of nitrogens with two attached hydrogens (primary N) is 1. The molecule has 0 aromatic heterocycles. The average Bonchev–Trinajstić information content (AvgIpc) is 2.23. The second-order valence-corrected chi connectivity index (χ2v) is 4.71. The number of carboxylic acid groups (broad SMARTS) is 1. The van der Waals surface area contributed by atoms with E-state index in [2.05, 4.69) is 5.32 Å². The molecule has 0 spiro atoms. The zero-order chi connectivity index (χ0) is 13.4. The van der Waals surface area contributed by atoms with Crippen molar-refractivity contribution in [1.82, 2.24) is 5.32 Å². The molecule has 0 heterocycles. The standard InChI is InChI=1S/C12H24N2O3/c1-4-5-6-10(12(16)17)14-11(15)7-9(13)8(2)3/h8-10H,4-7,13H2,1-3H3,(H,14,15)(H,16,17). The highest BCUT2D eigenvalue weighted by molar-refractivity contribution is 5.83. The van der Waals surface area contributed by atoms with E-state index in [1.54, 1.807) is 0 Å². The van der Waals surface area contributed by atoms with Crippen molar-refractivity contribution >= 4 is 11.9 Å². The Bertz CT molecular complexity index is 254. The molecule has 0 rings (SSSR count). The third-order valence-corrected chi connectivity index (χ3v) is 2.76. The van der Waals surface area contributed by atoms with Gasteiger partial charge in [0.1, 0.15) is 6.04 Å². The van der Waals surface area contributed by atoms with Crippen LogP contribution in [0.25, 0.3) is 0 Å². The Kier molecular flexibility index (Phi) is 7.54. The minimum Gasteiger partial charge on any atom is -0.480 e. The molecule has 0 saturated carbocycles. The van der Waals surface area contributed by atoms with Gasteiger partial charge < -0.3 is 16.2 Å².